The maximum absolute atomic E-state index is 11.6. The quantitative estimate of drug-likeness (QED) is 0.367. The van der Waals surface area contributed by atoms with E-state index in [2.05, 4.69) is 6.58 Å². The molecule has 1 rings (SSSR count). The molecule has 0 aromatic heterocycles. The van der Waals surface area contributed by atoms with Gasteiger partial charge in [0.05, 0.1) is 0 Å². The van der Waals surface area contributed by atoms with Gasteiger partial charge in [-0.3, -0.25) is 24.0 Å². The summed E-state index contributed by atoms with van der Waals surface area (Å²) in [5, 5.41) is 0. The number of carbonyl (C=O) groups excluding carboxylic acids is 5. The van der Waals surface area contributed by atoms with Gasteiger partial charge in [-0.25, -0.2) is 0 Å². The Morgan fingerprint density at radius 3 is 1.07 bits per heavy atom. The molecule has 0 heterocycles. The van der Waals surface area contributed by atoms with Crippen molar-refractivity contribution in [1.82, 2.24) is 0 Å². The lowest BCUT2D eigenvalue weighted by Gasteiger charge is -2.44. The fraction of sp³-hybridized carbons (Fsp3) is 0.588. The molecular weight excluding hydrogens is 364 g/mol. The molecule has 1 aliphatic rings. The third-order valence-electron chi connectivity index (χ3n) is 3.47. The Labute approximate surface area is 155 Å². The van der Waals surface area contributed by atoms with Crippen LogP contribution in [0.5, 0.6) is 0 Å². The van der Waals surface area contributed by atoms with Crippen molar-refractivity contribution in [3.63, 3.8) is 0 Å². The first-order valence-corrected chi connectivity index (χ1v) is 7.98. The molecule has 0 spiro atoms. The number of hydrogen-bond acceptors (Lipinski definition) is 10. The van der Waals surface area contributed by atoms with Crippen molar-refractivity contribution in [3.8, 4) is 0 Å². The van der Waals surface area contributed by atoms with Crippen molar-refractivity contribution in [2.75, 3.05) is 0 Å². The fourth-order valence-electron chi connectivity index (χ4n) is 2.73. The molecule has 0 saturated heterocycles. The molecular formula is C17H22O10. The predicted octanol–water partition coefficient (Wildman–Crippen LogP) is 0.215. The van der Waals surface area contributed by atoms with Crippen LogP contribution in [0.4, 0.5) is 0 Å². The van der Waals surface area contributed by atoms with E-state index in [-0.39, 0.29) is 5.57 Å². The molecule has 0 amide bonds. The molecule has 0 bridgehead atoms. The summed E-state index contributed by atoms with van der Waals surface area (Å²) in [6.45, 7) is 9.23. The van der Waals surface area contributed by atoms with Gasteiger partial charge in [-0.1, -0.05) is 6.58 Å². The minimum atomic E-state index is -1.41. The van der Waals surface area contributed by atoms with Crippen LogP contribution in [0.2, 0.25) is 0 Å². The zero-order chi connectivity index (χ0) is 20.9. The molecule has 10 heteroatoms. The van der Waals surface area contributed by atoms with Gasteiger partial charge in [0.25, 0.3) is 0 Å². The Morgan fingerprint density at radius 1 is 0.556 bits per heavy atom. The maximum atomic E-state index is 11.6. The van der Waals surface area contributed by atoms with Crippen LogP contribution in [0.15, 0.2) is 12.2 Å². The Morgan fingerprint density at radius 2 is 0.815 bits per heavy atom. The van der Waals surface area contributed by atoms with Crippen LogP contribution in [0.25, 0.3) is 0 Å². The van der Waals surface area contributed by atoms with Crippen molar-refractivity contribution in [3.05, 3.63) is 12.2 Å². The average Bonchev–Trinajstić information content (AvgIpc) is 2.49. The second-order valence-corrected chi connectivity index (χ2v) is 5.86. The lowest BCUT2D eigenvalue weighted by atomic mass is 9.82. The Bertz CT molecular complexity index is 606. The molecule has 0 aromatic rings. The fourth-order valence-corrected chi connectivity index (χ4v) is 2.73. The summed E-state index contributed by atoms with van der Waals surface area (Å²) in [6.07, 6.45) is -6.73. The first-order chi connectivity index (χ1) is 12.4. The van der Waals surface area contributed by atoms with Gasteiger partial charge in [0.15, 0.2) is 30.5 Å². The van der Waals surface area contributed by atoms with Gasteiger partial charge < -0.3 is 23.7 Å². The predicted molar refractivity (Wildman–Crippen MR) is 86.9 cm³/mol. The summed E-state index contributed by atoms with van der Waals surface area (Å²) in [4.78, 5) is 57.7. The van der Waals surface area contributed by atoms with Gasteiger partial charge in [-0.05, 0) is 0 Å². The molecule has 1 fully saturated rings. The van der Waals surface area contributed by atoms with E-state index in [1.54, 1.807) is 0 Å². The first-order valence-electron chi connectivity index (χ1n) is 7.98. The summed E-state index contributed by atoms with van der Waals surface area (Å²) in [7, 11) is 0. The molecule has 0 aliphatic heterocycles. The van der Waals surface area contributed by atoms with Crippen LogP contribution in [-0.2, 0) is 47.7 Å². The molecule has 150 valence electrons. The molecule has 5 atom stereocenters. The molecule has 0 radical (unpaired) electrons. The van der Waals surface area contributed by atoms with Crippen molar-refractivity contribution in [1.29, 1.82) is 0 Å². The lowest BCUT2D eigenvalue weighted by Crippen LogP contribution is -2.62. The van der Waals surface area contributed by atoms with Crippen LogP contribution < -0.4 is 0 Å². The molecule has 0 N–H and O–H groups in total. The number of carbonyl (C=O) groups is 5. The zero-order valence-corrected chi connectivity index (χ0v) is 15.7. The third-order valence-corrected chi connectivity index (χ3v) is 3.47. The van der Waals surface area contributed by atoms with Crippen LogP contribution in [-0.4, -0.2) is 60.4 Å². The molecule has 1 saturated carbocycles. The third kappa shape index (κ3) is 6.08. The Kier molecular flexibility index (Phi) is 7.50. The smallest absolute Gasteiger partial charge is 0.303 e. The number of ether oxygens (including phenoxy) is 5. The summed E-state index contributed by atoms with van der Waals surface area (Å²) in [5.41, 5.74) is 0.00121. The second kappa shape index (κ2) is 9.15. The van der Waals surface area contributed by atoms with Gasteiger partial charge in [0.2, 0.25) is 0 Å². The molecule has 1 aliphatic carbocycles. The number of esters is 5. The van der Waals surface area contributed by atoms with Crippen molar-refractivity contribution in [2.45, 2.75) is 65.1 Å². The largest absolute Gasteiger partial charge is 0.454 e. The summed E-state index contributed by atoms with van der Waals surface area (Å²) < 4.78 is 25.8. The average molecular weight is 386 g/mol. The number of rotatable bonds is 5. The van der Waals surface area contributed by atoms with E-state index in [0.29, 0.717) is 0 Å². The second-order valence-electron chi connectivity index (χ2n) is 5.86. The van der Waals surface area contributed by atoms with Crippen molar-refractivity contribution in [2.24, 2.45) is 0 Å². The Balaban J connectivity index is 3.48. The van der Waals surface area contributed by atoms with Crippen LogP contribution in [0.3, 0.4) is 0 Å². The van der Waals surface area contributed by atoms with Crippen molar-refractivity contribution < 1.29 is 47.7 Å². The SMILES string of the molecule is C=C1[C@@H](OC(C)=O)[C@H](OC(C)=O)C(OC(C)=O)[C@H](OC(C)=O)[C@@H]1OC(C)=O. The summed E-state index contributed by atoms with van der Waals surface area (Å²) in [6, 6.07) is 0. The van der Waals surface area contributed by atoms with E-state index in [4.69, 9.17) is 23.7 Å². The first kappa shape index (κ1) is 22.1. The standard InChI is InChI=1S/C17H22O10/c1-7-13(23-8(2)18)15(25-10(4)20)17(27-12(6)22)16(26-11(5)21)14(7)24-9(3)19/h13-17H,1H2,2-6H3/t13-,14-,15-,16+,17?/m1/s1. The highest BCUT2D eigenvalue weighted by Gasteiger charge is 2.55. The van der Waals surface area contributed by atoms with Crippen molar-refractivity contribution >= 4 is 29.8 Å². The van der Waals surface area contributed by atoms with E-state index >= 15 is 0 Å². The lowest BCUT2D eigenvalue weighted by molar-refractivity contribution is -0.217. The zero-order valence-electron chi connectivity index (χ0n) is 15.7. The van der Waals surface area contributed by atoms with E-state index in [1.165, 1.54) is 0 Å². The number of hydrogen-bond donors (Lipinski definition) is 0. The van der Waals surface area contributed by atoms with E-state index < -0.39 is 60.4 Å². The molecule has 0 aromatic carbocycles. The highest BCUT2D eigenvalue weighted by molar-refractivity contribution is 5.70. The van der Waals surface area contributed by atoms with Gasteiger partial charge in [-0.15, -0.1) is 0 Å². The summed E-state index contributed by atoms with van der Waals surface area (Å²) in [5.74, 6) is -3.81. The van der Waals surface area contributed by atoms with Crippen LogP contribution >= 0.6 is 0 Å². The monoisotopic (exact) mass is 386 g/mol. The highest BCUT2D eigenvalue weighted by Crippen LogP contribution is 2.35. The van der Waals surface area contributed by atoms with Crippen LogP contribution in [0.1, 0.15) is 34.6 Å². The van der Waals surface area contributed by atoms with Gasteiger partial charge in [0, 0.05) is 40.2 Å². The van der Waals surface area contributed by atoms with Gasteiger partial charge >= 0.3 is 29.8 Å². The Hall–Kier alpha value is -2.91. The van der Waals surface area contributed by atoms with Crippen LogP contribution in [0, 0.1) is 0 Å². The normalized spacial score (nSPS) is 27.1. The minimum Gasteiger partial charge on any atom is -0.454 e. The molecule has 27 heavy (non-hydrogen) atoms. The van der Waals surface area contributed by atoms with E-state index in [9.17, 15) is 24.0 Å². The molecule has 1 unspecified atom stereocenters. The molecule has 10 nitrogen and oxygen atoms in total. The topological polar surface area (TPSA) is 132 Å². The van der Waals surface area contributed by atoms with E-state index in [0.717, 1.165) is 34.6 Å². The van der Waals surface area contributed by atoms with Gasteiger partial charge in [-0.2, -0.15) is 0 Å². The maximum Gasteiger partial charge on any atom is 0.303 e. The summed E-state index contributed by atoms with van der Waals surface area (Å²) >= 11 is 0. The van der Waals surface area contributed by atoms with Gasteiger partial charge in [0.1, 0.15) is 0 Å². The minimum absolute atomic E-state index is 0.00121. The van der Waals surface area contributed by atoms with E-state index in [1.807, 2.05) is 0 Å². The highest BCUT2D eigenvalue weighted by atomic mass is 16.6.